The Labute approximate surface area is 253 Å². The van der Waals surface area contributed by atoms with Crippen molar-refractivity contribution in [1.82, 2.24) is 4.98 Å². The van der Waals surface area contributed by atoms with Crippen LogP contribution in [0.5, 0.6) is 17.2 Å². The topological polar surface area (TPSA) is 124 Å². The van der Waals surface area contributed by atoms with Crippen molar-refractivity contribution in [3.8, 4) is 17.2 Å². The lowest BCUT2D eigenvalue weighted by Crippen LogP contribution is -2.29. The van der Waals surface area contributed by atoms with Crippen LogP contribution in [-0.4, -0.2) is 53.7 Å². The molecule has 10 nitrogen and oxygen atoms in total. The molecule has 0 radical (unpaired) electrons. The van der Waals surface area contributed by atoms with Crippen LogP contribution in [0.1, 0.15) is 72.2 Å². The van der Waals surface area contributed by atoms with Crippen LogP contribution < -0.4 is 19.1 Å². The summed E-state index contributed by atoms with van der Waals surface area (Å²) in [6, 6.07) is 9.28. The van der Waals surface area contributed by atoms with Gasteiger partial charge in [0.15, 0.2) is 16.6 Å². The average molecular weight is 607 g/mol. The number of hydrogen-bond donors (Lipinski definition) is 1. The summed E-state index contributed by atoms with van der Waals surface area (Å²) in [5, 5.41) is 11.8. The summed E-state index contributed by atoms with van der Waals surface area (Å²) in [4.78, 5) is 46.0. The SMILES string of the molecule is CCCOc1ccc(C2/C(=C(/O)c3ccc4c(c3)CC(C)O4)C(=O)C(=O)N2c2nc(C)c(C(=O)OCC)s2)cc1OCC. The number of Topliss-reactive ketones (excluding diaryl/α,β-unsaturated/α-hetero) is 1. The van der Waals surface area contributed by atoms with E-state index in [-0.39, 0.29) is 34.1 Å². The molecule has 0 bridgehead atoms. The number of amides is 1. The average Bonchev–Trinajstić information content (AvgIpc) is 3.63. The Morgan fingerprint density at radius 2 is 1.88 bits per heavy atom. The summed E-state index contributed by atoms with van der Waals surface area (Å²) >= 11 is 0.954. The van der Waals surface area contributed by atoms with E-state index in [1.54, 1.807) is 50.2 Å². The fourth-order valence-electron chi connectivity index (χ4n) is 5.24. The number of anilines is 1. The molecule has 43 heavy (non-hydrogen) atoms. The van der Waals surface area contributed by atoms with E-state index in [0.29, 0.717) is 48.0 Å². The molecule has 11 heteroatoms. The molecule has 2 aliphatic rings. The molecule has 2 unspecified atom stereocenters. The largest absolute Gasteiger partial charge is 0.507 e. The van der Waals surface area contributed by atoms with E-state index in [4.69, 9.17) is 18.9 Å². The van der Waals surface area contributed by atoms with Crippen LogP contribution in [0, 0.1) is 6.92 Å². The minimum Gasteiger partial charge on any atom is -0.507 e. The molecule has 3 heterocycles. The van der Waals surface area contributed by atoms with Gasteiger partial charge in [0.25, 0.3) is 5.78 Å². The second-order valence-electron chi connectivity index (χ2n) is 10.2. The Hall–Kier alpha value is -4.38. The predicted octanol–water partition coefficient (Wildman–Crippen LogP) is 5.77. The van der Waals surface area contributed by atoms with E-state index in [2.05, 4.69) is 4.98 Å². The highest BCUT2D eigenvalue weighted by Crippen LogP contribution is 2.46. The molecule has 1 amide bonds. The maximum atomic E-state index is 13.7. The van der Waals surface area contributed by atoms with Crippen LogP contribution >= 0.6 is 11.3 Å². The second kappa shape index (κ2) is 12.5. The third kappa shape index (κ3) is 5.69. The normalized spacial score (nSPS) is 18.9. The molecule has 1 fully saturated rings. The van der Waals surface area contributed by atoms with Gasteiger partial charge >= 0.3 is 11.9 Å². The molecule has 0 aliphatic carbocycles. The van der Waals surface area contributed by atoms with Gasteiger partial charge in [0.1, 0.15) is 22.5 Å². The molecule has 1 saturated heterocycles. The van der Waals surface area contributed by atoms with E-state index in [9.17, 15) is 19.5 Å². The predicted molar refractivity (Wildman–Crippen MR) is 161 cm³/mol. The zero-order valence-electron chi connectivity index (χ0n) is 24.8. The minimum absolute atomic E-state index is 0.00913. The molecule has 3 aromatic rings. The van der Waals surface area contributed by atoms with Crippen LogP contribution in [0.4, 0.5) is 5.13 Å². The highest BCUT2D eigenvalue weighted by molar-refractivity contribution is 7.17. The number of esters is 1. The molecular formula is C32H34N2O8S. The Kier molecular flexibility index (Phi) is 8.72. The van der Waals surface area contributed by atoms with Crippen LogP contribution in [0.3, 0.4) is 0 Å². The van der Waals surface area contributed by atoms with Gasteiger partial charge in [-0.15, -0.1) is 0 Å². The maximum absolute atomic E-state index is 13.7. The molecule has 1 aromatic heterocycles. The number of aliphatic hydroxyl groups excluding tert-OH is 1. The van der Waals surface area contributed by atoms with Crippen molar-refractivity contribution in [2.45, 2.75) is 59.6 Å². The number of ketones is 1. The van der Waals surface area contributed by atoms with Gasteiger partial charge in [-0.2, -0.15) is 0 Å². The second-order valence-corrected chi connectivity index (χ2v) is 11.2. The minimum atomic E-state index is -1.07. The van der Waals surface area contributed by atoms with Crippen molar-refractivity contribution in [1.29, 1.82) is 0 Å². The number of aromatic nitrogens is 1. The smallest absolute Gasteiger partial charge is 0.350 e. The van der Waals surface area contributed by atoms with Crippen molar-refractivity contribution in [2.75, 3.05) is 24.7 Å². The van der Waals surface area contributed by atoms with E-state index in [1.807, 2.05) is 20.8 Å². The number of carbonyl (C=O) groups is 3. The van der Waals surface area contributed by atoms with Crippen LogP contribution in [0.25, 0.3) is 5.76 Å². The summed E-state index contributed by atoms with van der Waals surface area (Å²) in [7, 11) is 0. The third-order valence-electron chi connectivity index (χ3n) is 7.11. The Morgan fingerprint density at radius 1 is 1.09 bits per heavy atom. The number of aliphatic hydroxyl groups is 1. The molecule has 226 valence electrons. The summed E-state index contributed by atoms with van der Waals surface area (Å²) in [5.74, 6) is -0.966. The van der Waals surface area contributed by atoms with Gasteiger partial charge in [-0.25, -0.2) is 9.78 Å². The lowest BCUT2D eigenvalue weighted by Gasteiger charge is -2.24. The Morgan fingerprint density at radius 3 is 2.60 bits per heavy atom. The molecule has 0 saturated carbocycles. The van der Waals surface area contributed by atoms with Crippen LogP contribution in [0.2, 0.25) is 0 Å². The summed E-state index contributed by atoms with van der Waals surface area (Å²) in [6.45, 7) is 10.1. The van der Waals surface area contributed by atoms with Gasteiger partial charge in [-0.05, 0) is 75.6 Å². The number of hydrogen-bond acceptors (Lipinski definition) is 10. The van der Waals surface area contributed by atoms with Gasteiger partial charge in [-0.3, -0.25) is 14.5 Å². The number of nitrogens with zero attached hydrogens (tertiary/aromatic N) is 2. The number of benzene rings is 2. The van der Waals surface area contributed by atoms with E-state index in [0.717, 1.165) is 29.1 Å². The molecule has 2 aliphatic heterocycles. The summed E-state index contributed by atoms with van der Waals surface area (Å²) < 4.78 is 22.7. The van der Waals surface area contributed by atoms with E-state index < -0.39 is 23.7 Å². The third-order valence-corrected chi connectivity index (χ3v) is 8.25. The van der Waals surface area contributed by atoms with Crippen molar-refractivity contribution in [2.24, 2.45) is 0 Å². The lowest BCUT2D eigenvalue weighted by atomic mass is 9.94. The van der Waals surface area contributed by atoms with E-state index in [1.165, 1.54) is 4.90 Å². The highest BCUT2D eigenvalue weighted by atomic mass is 32.1. The van der Waals surface area contributed by atoms with E-state index >= 15 is 0 Å². The zero-order chi connectivity index (χ0) is 30.8. The van der Waals surface area contributed by atoms with Gasteiger partial charge in [-0.1, -0.05) is 24.3 Å². The zero-order valence-corrected chi connectivity index (χ0v) is 25.6. The van der Waals surface area contributed by atoms with Gasteiger partial charge in [0.2, 0.25) is 0 Å². The molecule has 0 spiro atoms. The van der Waals surface area contributed by atoms with Crippen LogP contribution in [-0.2, 0) is 20.7 Å². The number of fused-ring (bicyclic) bond motifs is 1. The number of thiazole rings is 1. The van der Waals surface area contributed by atoms with Gasteiger partial charge in [0.05, 0.1) is 37.1 Å². The number of ether oxygens (including phenoxy) is 4. The van der Waals surface area contributed by atoms with Crippen molar-refractivity contribution in [3.05, 3.63) is 69.2 Å². The van der Waals surface area contributed by atoms with Crippen molar-refractivity contribution < 1.29 is 38.4 Å². The lowest BCUT2D eigenvalue weighted by molar-refractivity contribution is -0.132. The molecular weight excluding hydrogens is 572 g/mol. The number of aryl methyl sites for hydroxylation is 1. The Balaban J connectivity index is 1.68. The molecule has 5 rings (SSSR count). The fraction of sp³-hybridized carbons (Fsp3) is 0.375. The first-order valence-electron chi connectivity index (χ1n) is 14.3. The summed E-state index contributed by atoms with van der Waals surface area (Å²) in [5.41, 5.74) is 2.04. The number of carbonyl (C=O) groups excluding carboxylic acids is 3. The standard InChI is InChI=1S/C32H34N2O8S/c1-6-13-41-23-12-9-19(16-24(23)39-7-2)26-25(27(35)20-10-11-22-21(15-20)14-17(4)42-22)28(36)30(37)34(26)32-33-18(5)29(43-32)31(38)40-8-3/h9-12,15-17,26,35H,6-8,13-14H2,1-5H3/b27-25-. The molecule has 1 N–H and O–H groups in total. The van der Waals surface area contributed by atoms with Gasteiger partial charge < -0.3 is 24.1 Å². The first-order valence-corrected chi connectivity index (χ1v) is 15.1. The first kappa shape index (κ1) is 30.1. The maximum Gasteiger partial charge on any atom is 0.350 e. The highest BCUT2D eigenvalue weighted by Gasteiger charge is 2.49. The molecule has 2 aromatic carbocycles. The fourth-order valence-corrected chi connectivity index (χ4v) is 6.22. The van der Waals surface area contributed by atoms with Crippen molar-refractivity contribution in [3.63, 3.8) is 0 Å². The van der Waals surface area contributed by atoms with Crippen molar-refractivity contribution >= 4 is 39.9 Å². The number of rotatable bonds is 10. The monoisotopic (exact) mass is 606 g/mol. The Bertz CT molecular complexity index is 1610. The quantitative estimate of drug-likeness (QED) is 0.133. The van der Waals surface area contributed by atoms with Gasteiger partial charge in [0, 0.05) is 12.0 Å². The molecule has 2 atom stereocenters. The summed E-state index contributed by atoms with van der Waals surface area (Å²) in [6.07, 6.45) is 1.44. The first-order chi connectivity index (χ1) is 20.7. The van der Waals surface area contributed by atoms with Crippen LogP contribution in [0.15, 0.2) is 42.0 Å².